The maximum atomic E-state index is 12.0. The number of piperidine rings is 1. The van der Waals surface area contributed by atoms with Gasteiger partial charge >= 0.3 is 6.09 Å². The summed E-state index contributed by atoms with van der Waals surface area (Å²) in [5, 5.41) is 2.79. The molecule has 2 rings (SSSR count). The van der Waals surface area contributed by atoms with Crippen LogP contribution >= 0.6 is 0 Å². The maximum Gasteiger partial charge on any atom is 0.411 e. The monoisotopic (exact) mass is 390 g/mol. The van der Waals surface area contributed by atoms with Crippen LogP contribution in [0, 0.1) is 0 Å². The normalized spacial score (nSPS) is 14.6. The van der Waals surface area contributed by atoms with E-state index in [0.29, 0.717) is 12.3 Å². The molecule has 1 aromatic carbocycles. The SMILES string of the molecule is CCCCCCCCOc1cccc(NC(=O)OCCCN2CCCCC2)c1. The number of carbonyl (C=O) groups excluding carboxylic acids is 1. The molecule has 0 atom stereocenters. The number of rotatable bonds is 13. The molecule has 0 aliphatic carbocycles. The lowest BCUT2D eigenvalue weighted by atomic mass is 10.1. The predicted molar refractivity (Wildman–Crippen MR) is 115 cm³/mol. The zero-order valence-electron chi connectivity index (χ0n) is 17.6. The van der Waals surface area contributed by atoms with Crippen LogP contribution in [-0.4, -0.2) is 43.8 Å². The fourth-order valence-electron chi connectivity index (χ4n) is 3.53. The molecule has 158 valence electrons. The standard InChI is InChI=1S/C23H38N2O3/c1-2-3-4-5-6-10-18-27-22-14-11-13-21(20-22)24-23(26)28-19-12-17-25-15-8-7-9-16-25/h11,13-14,20H,2-10,12,15-19H2,1H3,(H,24,26). The molecule has 5 heteroatoms. The number of hydrogen-bond acceptors (Lipinski definition) is 4. The number of unbranched alkanes of at least 4 members (excludes halogenated alkanes) is 5. The van der Waals surface area contributed by atoms with Gasteiger partial charge in [0.25, 0.3) is 0 Å². The van der Waals surface area contributed by atoms with Gasteiger partial charge in [-0.1, -0.05) is 51.5 Å². The molecular weight excluding hydrogens is 352 g/mol. The molecule has 0 spiro atoms. The summed E-state index contributed by atoms with van der Waals surface area (Å²) in [6.45, 7) is 6.77. The fraction of sp³-hybridized carbons (Fsp3) is 0.696. The van der Waals surface area contributed by atoms with Gasteiger partial charge in [-0.2, -0.15) is 0 Å². The summed E-state index contributed by atoms with van der Waals surface area (Å²) in [6.07, 6.45) is 11.9. The van der Waals surface area contributed by atoms with Crippen LogP contribution in [0.1, 0.15) is 71.1 Å². The smallest absolute Gasteiger partial charge is 0.411 e. The number of amides is 1. The highest BCUT2D eigenvalue weighted by Crippen LogP contribution is 2.18. The minimum Gasteiger partial charge on any atom is -0.494 e. The lowest BCUT2D eigenvalue weighted by Crippen LogP contribution is -2.31. The van der Waals surface area contributed by atoms with E-state index >= 15 is 0 Å². The summed E-state index contributed by atoms with van der Waals surface area (Å²) in [5.41, 5.74) is 0.710. The Morgan fingerprint density at radius 3 is 2.61 bits per heavy atom. The molecule has 1 aromatic rings. The molecule has 1 amide bonds. The number of carbonyl (C=O) groups is 1. The van der Waals surface area contributed by atoms with E-state index in [0.717, 1.165) is 31.7 Å². The molecule has 0 unspecified atom stereocenters. The fourth-order valence-corrected chi connectivity index (χ4v) is 3.53. The first-order valence-corrected chi connectivity index (χ1v) is 11.2. The highest BCUT2D eigenvalue weighted by molar-refractivity contribution is 5.84. The number of anilines is 1. The highest BCUT2D eigenvalue weighted by Gasteiger charge is 2.10. The van der Waals surface area contributed by atoms with Crippen molar-refractivity contribution < 1.29 is 14.3 Å². The number of nitrogens with zero attached hydrogens (tertiary/aromatic N) is 1. The number of hydrogen-bond donors (Lipinski definition) is 1. The van der Waals surface area contributed by atoms with Gasteiger partial charge in [0.05, 0.1) is 13.2 Å². The molecular formula is C23H38N2O3. The van der Waals surface area contributed by atoms with Crippen molar-refractivity contribution in [1.82, 2.24) is 4.90 Å². The maximum absolute atomic E-state index is 12.0. The molecule has 1 fully saturated rings. The lowest BCUT2D eigenvalue weighted by Gasteiger charge is -2.26. The van der Waals surface area contributed by atoms with Crippen LogP contribution in [0.4, 0.5) is 10.5 Å². The second-order valence-corrected chi connectivity index (χ2v) is 7.66. The molecule has 1 N–H and O–H groups in total. The molecule has 1 aliphatic rings. The summed E-state index contributed by atoms with van der Waals surface area (Å²) in [5.74, 6) is 0.788. The van der Waals surface area contributed by atoms with Crippen LogP contribution in [0.3, 0.4) is 0 Å². The van der Waals surface area contributed by atoms with Crippen LogP contribution < -0.4 is 10.1 Å². The van der Waals surface area contributed by atoms with E-state index < -0.39 is 6.09 Å². The van der Waals surface area contributed by atoms with E-state index in [-0.39, 0.29) is 0 Å². The molecule has 0 saturated carbocycles. The van der Waals surface area contributed by atoms with Crippen molar-refractivity contribution in [1.29, 1.82) is 0 Å². The summed E-state index contributed by atoms with van der Waals surface area (Å²) < 4.78 is 11.1. The van der Waals surface area contributed by atoms with Crippen LogP contribution in [0.15, 0.2) is 24.3 Å². The predicted octanol–water partition coefficient (Wildman–Crippen LogP) is 5.85. The topological polar surface area (TPSA) is 50.8 Å². The van der Waals surface area contributed by atoms with Crippen molar-refractivity contribution >= 4 is 11.8 Å². The number of benzene rings is 1. The average molecular weight is 391 g/mol. The third kappa shape index (κ3) is 9.98. The molecule has 28 heavy (non-hydrogen) atoms. The first-order valence-electron chi connectivity index (χ1n) is 11.2. The lowest BCUT2D eigenvalue weighted by molar-refractivity contribution is 0.148. The van der Waals surface area contributed by atoms with Crippen molar-refractivity contribution in [2.45, 2.75) is 71.1 Å². The van der Waals surface area contributed by atoms with E-state index in [2.05, 4.69) is 17.1 Å². The third-order valence-electron chi connectivity index (χ3n) is 5.15. The summed E-state index contributed by atoms with van der Waals surface area (Å²) in [7, 11) is 0. The van der Waals surface area contributed by atoms with Gasteiger partial charge in [0, 0.05) is 18.3 Å². The van der Waals surface area contributed by atoms with Gasteiger partial charge in [0.15, 0.2) is 0 Å². The summed E-state index contributed by atoms with van der Waals surface area (Å²) >= 11 is 0. The van der Waals surface area contributed by atoms with Gasteiger partial charge in [-0.05, 0) is 50.9 Å². The van der Waals surface area contributed by atoms with Gasteiger partial charge in [-0.25, -0.2) is 4.79 Å². The zero-order valence-corrected chi connectivity index (χ0v) is 17.6. The molecule has 5 nitrogen and oxygen atoms in total. The largest absolute Gasteiger partial charge is 0.494 e. The summed E-state index contributed by atoms with van der Waals surface area (Å²) in [6, 6.07) is 7.52. The minimum atomic E-state index is -0.397. The molecule has 0 bridgehead atoms. The van der Waals surface area contributed by atoms with E-state index in [4.69, 9.17) is 9.47 Å². The molecule has 0 radical (unpaired) electrons. The van der Waals surface area contributed by atoms with Gasteiger partial charge in [-0.3, -0.25) is 5.32 Å². The van der Waals surface area contributed by atoms with E-state index in [1.54, 1.807) is 0 Å². The second kappa shape index (κ2) is 14.3. The van der Waals surface area contributed by atoms with Crippen molar-refractivity contribution in [2.75, 3.05) is 38.2 Å². The molecule has 1 aliphatic heterocycles. The third-order valence-corrected chi connectivity index (χ3v) is 5.15. The van der Waals surface area contributed by atoms with E-state index in [1.807, 2.05) is 24.3 Å². The van der Waals surface area contributed by atoms with Gasteiger partial charge in [-0.15, -0.1) is 0 Å². The Bertz CT molecular complexity index is 544. The van der Waals surface area contributed by atoms with Gasteiger partial charge < -0.3 is 14.4 Å². The number of nitrogens with one attached hydrogen (secondary N) is 1. The average Bonchev–Trinajstić information content (AvgIpc) is 2.72. The zero-order chi connectivity index (χ0) is 19.9. The Balaban J connectivity index is 1.57. The number of likely N-dealkylation sites (tertiary alicyclic amines) is 1. The van der Waals surface area contributed by atoms with Gasteiger partial charge in [0.1, 0.15) is 5.75 Å². The Hall–Kier alpha value is -1.75. The van der Waals surface area contributed by atoms with E-state index in [9.17, 15) is 4.79 Å². The van der Waals surface area contributed by atoms with Crippen molar-refractivity contribution in [3.05, 3.63) is 24.3 Å². The van der Waals surface area contributed by atoms with Gasteiger partial charge in [0.2, 0.25) is 0 Å². The van der Waals surface area contributed by atoms with Crippen LogP contribution in [0.5, 0.6) is 5.75 Å². The van der Waals surface area contributed by atoms with Crippen LogP contribution in [0.2, 0.25) is 0 Å². The quantitative estimate of drug-likeness (QED) is 0.429. The van der Waals surface area contributed by atoms with Crippen LogP contribution in [0.25, 0.3) is 0 Å². The van der Waals surface area contributed by atoms with Crippen molar-refractivity contribution in [3.8, 4) is 5.75 Å². The minimum absolute atomic E-state index is 0.397. The molecule has 0 aromatic heterocycles. The van der Waals surface area contributed by atoms with Crippen molar-refractivity contribution in [3.63, 3.8) is 0 Å². The molecule has 1 saturated heterocycles. The Morgan fingerprint density at radius 2 is 1.79 bits per heavy atom. The number of ether oxygens (including phenoxy) is 2. The highest BCUT2D eigenvalue weighted by atomic mass is 16.5. The Kier molecular flexibility index (Phi) is 11.5. The van der Waals surface area contributed by atoms with E-state index in [1.165, 1.54) is 64.5 Å². The Morgan fingerprint density at radius 1 is 1.00 bits per heavy atom. The van der Waals surface area contributed by atoms with Crippen LogP contribution in [-0.2, 0) is 4.74 Å². The van der Waals surface area contributed by atoms with Crippen molar-refractivity contribution in [2.24, 2.45) is 0 Å². The summed E-state index contributed by atoms with van der Waals surface area (Å²) in [4.78, 5) is 14.4. The Labute approximate surface area is 170 Å². The first-order chi connectivity index (χ1) is 13.8. The molecule has 1 heterocycles. The first kappa shape index (κ1) is 22.5. The second-order valence-electron chi connectivity index (χ2n) is 7.66.